The summed E-state index contributed by atoms with van der Waals surface area (Å²) < 4.78 is 26.3. The molecule has 0 spiro atoms. The second-order valence-corrected chi connectivity index (χ2v) is 11.1. The van der Waals surface area contributed by atoms with Gasteiger partial charge in [0.25, 0.3) is 0 Å². The van der Waals surface area contributed by atoms with Crippen LogP contribution in [0.1, 0.15) is 74.7 Å². The van der Waals surface area contributed by atoms with E-state index in [1.807, 2.05) is 7.05 Å². The third kappa shape index (κ3) is 5.06. The Labute approximate surface area is 196 Å². The number of ether oxygens (including phenoxy) is 4. The molecule has 3 N–H and O–H groups in total. The number of nitrogens with one attached hydrogen (secondary N) is 1. The van der Waals surface area contributed by atoms with E-state index in [1.165, 1.54) is 0 Å². The zero-order valence-corrected chi connectivity index (χ0v) is 21.9. The molecule has 2 aliphatic heterocycles. The van der Waals surface area contributed by atoms with Crippen LogP contribution in [0.2, 0.25) is 0 Å². The van der Waals surface area contributed by atoms with Crippen molar-refractivity contribution in [2.24, 2.45) is 41.2 Å². The first-order valence-electron chi connectivity index (χ1n) is 13.2. The Morgan fingerprint density at radius 1 is 0.750 bits per heavy atom. The van der Waals surface area contributed by atoms with Crippen LogP contribution in [0.25, 0.3) is 0 Å². The van der Waals surface area contributed by atoms with Crippen molar-refractivity contribution in [2.75, 3.05) is 7.05 Å². The van der Waals surface area contributed by atoms with E-state index < -0.39 is 6.29 Å². The summed E-state index contributed by atoms with van der Waals surface area (Å²) in [5, 5.41) is 3.51. The lowest BCUT2D eigenvalue weighted by molar-refractivity contribution is -0.292. The largest absolute Gasteiger partial charge is 0.349 e. The maximum Gasteiger partial charge on any atom is 0.173 e. The van der Waals surface area contributed by atoms with Crippen LogP contribution in [-0.2, 0) is 18.9 Å². The first-order chi connectivity index (χ1) is 15.1. The quantitative estimate of drug-likeness (QED) is 0.602. The summed E-state index contributed by atoms with van der Waals surface area (Å²) in [5.74, 6) is 2.49. The molecule has 3 rings (SSSR count). The van der Waals surface area contributed by atoms with E-state index in [-0.39, 0.29) is 42.8 Å². The summed E-state index contributed by atoms with van der Waals surface area (Å²) >= 11 is 0. The summed E-state index contributed by atoms with van der Waals surface area (Å²) in [6.07, 6.45) is 2.64. The fourth-order valence-corrected chi connectivity index (χ4v) is 6.11. The minimum absolute atomic E-state index is 0.0722. The number of hydrogen-bond donors (Lipinski definition) is 2. The van der Waals surface area contributed by atoms with Gasteiger partial charge in [-0.25, -0.2) is 0 Å². The third-order valence-corrected chi connectivity index (χ3v) is 9.32. The van der Waals surface area contributed by atoms with E-state index in [0.717, 1.165) is 19.3 Å². The molecule has 188 valence electrons. The van der Waals surface area contributed by atoms with Gasteiger partial charge in [0.05, 0.1) is 24.4 Å². The maximum absolute atomic E-state index is 6.79. The molecular formula is C26H50N2O4. The van der Waals surface area contributed by atoms with Crippen molar-refractivity contribution in [3.8, 4) is 0 Å². The predicted octanol–water partition coefficient (Wildman–Crippen LogP) is 4.16. The van der Waals surface area contributed by atoms with Gasteiger partial charge in [0, 0.05) is 12.0 Å². The molecule has 6 heteroatoms. The smallest absolute Gasteiger partial charge is 0.173 e. The Bertz CT molecular complexity index is 590. The molecule has 0 bridgehead atoms. The van der Waals surface area contributed by atoms with Gasteiger partial charge in [-0.2, -0.15) is 0 Å². The molecule has 0 aromatic rings. The van der Waals surface area contributed by atoms with Crippen LogP contribution in [-0.4, -0.2) is 56.1 Å². The van der Waals surface area contributed by atoms with E-state index in [0.29, 0.717) is 35.5 Å². The van der Waals surface area contributed by atoms with E-state index in [1.54, 1.807) is 0 Å². The average molecular weight is 455 g/mol. The lowest BCUT2D eigenvalue weighted by atomic mass is 9.74. The maximum atomic E-state index is 6.79. The van der Waals surface area contributed by atoms with Gasteiger partial charge in [0.15, 0.2) is 12.6 Å². The van der Waals surface area contributed by atoms with Gasteiger partial charge in [-0.1, -0.05) is 55.4 Å². The minimum atomic E-state index is -0.414. The van der Waals surface area contributed by atoms with Gasteiger partial charge < -0.3 is 30.0 Å². The first kappa shape index (κ1) is 26.4. The van der Waals surface area contributed by atoms with Gasteiger partial charge in [-0.05, 0) is 55.9 Å². The lowest BCUT2D eigenvalue weighted by Gasteiger charge is -2.49. The number of hydrogen-bond acceptors (Lipinski definition) is 6. The van der Waals surface area contributed by atoms with Crippen LogP contribution in [0.4, 0.5) is 0 Å². The average Bonchev–Trinajstić information content (AvgIpc) is 3.06. The molecule has 0 aromatic heterocycles. The van der Waals surface area contributed by atoms with Crippen LogP contribution in [0, 0.1) is 35.5 Å². The molecule has 32 heavy (non-hydrogen) atoms. The Morgan fingerprint density at radius 3 is 1.84 bits per heavy atom. The van der Waals surface area contributed by atoms with Crippen molar-refractivity contribution in [2.45, 2.75) is 124 Å². The van der Waals surface area contributed by atoms with Crippen molar-refractivity contribution in [1.82, 2.24) is 5.32 Å². The van der Waals surface area contributed by atoms with Crippen molar-refractivity contribution in [3.05, 3.63) is 0 Å². The van der Waals surface area contributed by atoms with Crippen molar-refractivity contribution in [3.63, 3.8) is 0 Å². The van der Waals surface area contributed by atoms with Crippen LogP contribution >= 0.6 is 0 Å². The summed E-state index contributed by atoms with van der Waals surface area (Å²) in [6.45, 7) is 18.0. The highest BCUT2D eigenvalue weighted by Crippen LogP contribution is 2.41. The second kappa shape index (κ2) is 11.0. The number of rotatable bonds is 7. The minimum Gasteiger partial charge on any atom is -0.349 e. The topological polar surface area (TPSA) is 75.0 Å². The fourth-order valence-electron chi connectivity index (χ4n) is 6.11. The Kier molecular flexibility index (Phi) is 9.07. The molecular weight excluding hydrogens is 404 g/mol. The normalized spacial score (nSPS) is 52.3. The summed E-state index contributed by atoms with van der Waals surface area (Å²) in [7, 11) is 2.02. The standard InChI is InChI=1S/C26H50N2O4/c1-10-20-15(5)17(7)22(27)26(30-20)32-24-19(28-9)12-13(3)14(4)23(24)31-25-18(8)16(6)21(11-2)29-25/h13-26,28H,10-12,27H2,1-9H3/t13-,14+,15+,16+,17+,18-,19+,20-,21-,22-,23-,24-,25+,26-/m1/s1. The molecule has 2 heterocycles. The van der Waals surface area contributed by atoms with Crippen molar-refractivity contribution >= 4 is 0 Å². The highest BCUT2D eigenvalue weighted by molar-refractivity contribution is 4.97. The first-order valence-corrected chi connectivity index (χ1v) is 13.2. The second-order valence-electron chi connectivity index (χ2n) is 11.1. The molecule has 14 atom stereocenters. The van der Waals surface area contributed by atoms with Gasteiger partial charge in [0.1, 0.15) is 6.10 Å². The molecule has 0 aromatic carbocycles. The molecule has 3 aliphatic rings. The predicted molar refractivity (Wildman–Crippen MR) is 128 cm³/mol. The lowest BCUT2D eigenvalue weighted by Crippen LogP contribution is -2.62. The molecule has 3 fully saturated rings. The Hall–Kier alpha value is -0.240. The van der Waals surface area contributed by atoms with Crippen LogP contribution < -0.4 is 11.1 Å². The van der Waals surface area contributed by atoms with E-state index in [9.17, 15) is 0 Å². The molecule has 2 saturated heterocycles. The zero-order valence-electron chi connectivity index (χ0n) is 21.9. The molecule has 0 radical (unpaired) electrons. The molecule has 0 unspecified atom stereocenters. The highest BCUT2D eigenvalue weighted by Gasteiger charge is 2.49. The monoisotopic (exact) mass is 454 g/mol. The fraction of sp³-hybridized carbons (Fsp3) is 1.00. The molecule has 1 saturated carbocycles. The van der Waals surface area contributed by atoms with Crippen LogP contribution in [0.3, 0.4) is 0 Å². The van der Waals surface area contributed by atoms with Gasteiger partial charge in [0.2, 0.25) is 0 Å². The number of likely N-dealkylation sites (N-methyl/N-ethyl adjacent to an activating group) is 1. The van der Waals surface area contributed by atoms with Gasteiger partial charge in [-0.3, -0.25) is 0 Å². The SMILES string of the molecule is CC[C@H]1O[C@@H](O[C@@H]2[C@@H](C)[C@H](C)C[C@H](NC)[C@H]2O[C@H]2O[C@H](CC)[C@@H](C)[C@H](C)[C@H]2N)[C@H](C)[C@@H]1C. The van der Waals surface area contributed by atoms with Gasteiger partial charge >= 0.3 is 0 Å². The third-order valence-electron chi connectivity index (χ3n) is 9.32. The molecule has 1 aliphatic carbocycles. The van der Waals surface area contributed by atoms with E-state index in [2.05, 4.69) is 60.7 Å². The molecule has 0 amide bonds. The van der Waals surface area contributed by atoms with E-state index in [4.69, 9.17) is 24.7 Å². The summed E-state index contributed by atoms with van der Waals surface area (Å²) in [5.41, 5.74) is 6.65. The van der Waals surface area contributed by atoms with E-state index >= 15 is 0 Å². The summed E-state index contributed by atoms with van der Waals surface area (Å²) in [4.78, 5) is 0. The highest BCUT2D eigenvalue weighted by atomic mass is 16.7. The summed E-state index contributed by atoms with van der Waals surface area (Å²) in [6, 6.07) is 0.0413. The van der Waals surface area contributed by atoms with Crippen molar-refractivity contribution < 1.29 is 18.9 Å². The van der Waals surface area contributed by atoms with Crippen molar-refractivity contribution in [1.29, 1.82) is 0 Å². The Morgan fingerprint density at radius 2 is 1.28 bits per heavy atom. The molecule has 6 nitrogen and oxygen atoms in total. The number of nitrogens with two attached hydrogens (primary N) is 1. The Balaban J connectivity index is 1.81. The van der Waals surface area contributed by atoms with Gasteiger partial charge in [-0.15, -0.1) is 0 Å². The zero-order chi connectivity index (χ0) is 23.7. The van der Waals surface area contributed by atoms with Crippen LogP contribution in [0.15, 0.2) is 0 Å². The van der Waals surface area contributed by atoms with Crippen LogP contribution in [0.5, 0.6) is 0 Å².